The highest BCUT2D eigenvalue weighted by atomic mass is 79.9. The van der Waals surface area contributed by atoms with Crippen LogP contribution < -0.4 is 10.1 Å². The number of nitrogens with zero attached hydrogens (tertiary/aromatic N) is 2. The number of rotatable bonds is 6. The molecule has 0 unspecified atom stereocenters. The summed E-state index contributed by atoms with van der Waals surface area (Å²) < 4.78 is 7.95. The van der Waals surface area contributed by atoms with Crippen molar-refractivity contribution in [1.82, 2.24) is 15.1 Å². The Labute approximate surface area is 141 Å². The number of carbonyl (C=O) groups is 1. The zero-order valence-corrected chi connectivity index (χ0v) is 14.2. The summed E-state index contributed by atoms with van der Waals surface area (Å²) >= 11 is 13.4. The molecule has 1 amide bonds. The number of benzene rings is 1. The molecule has 0 saturated carbocycles. The van der Waals surface area contributed by atoms with E-state index in [2.05, 4.69) is 39.0 Å². The molecule has 1 N–H and O–H groups in total. The topological polar surface area (TPSA) is 56.2 Å². The van der Waals surface area contributed by atoms with Crippen molar-refractivity contribution in [2.24, 2.45) is 0 Å². The van der Waals surface area contributed by atoms with Gasteiger partial charge in [0.05, 0.1) is 5.02 Å². The Bertz CT molecular complexity index is 636. The van der Waals surface area contributed by atoms with E-state index in [1.807, 2.05) is 6.07 Å². The first-order valence-corrected chi connectivity index (χ1v) is 7.91. The lowest BCUT2D eigenvalue weighted by Crippen LogP contribution is -2.26. The van der Waals surface area contributed by atoms with Gasteiger partial charge in [0.2, 0.25) is 0 Å². The predicted molar refractivity (Wildman–Crippen MR) is 88.2 cm³/mol. The van der Waals surface area contributed by atoms with Crippen molar-refractivity contribution in [3.8, 4) is 5.75 Å². The standard InChI is InChI=1S/C13H13BrClN3O2S/c14-9-1-2-12(10(15)7-9)20-8-18-5-3-11(17-18)13(19)16-4-6-21/h1-3,5,7,21H,4,6,8H2,(H,16,19). The molecule has 0 aliphatic carbocycles. The molecule has 0 spiro atoms. The lowest BCUT2D eigenvalue weighted by atomic mass is 10.3. The molecule has 0 aliphatic rings. The largest absolute Gasteiger partial charge is 0.470 e. The van der Waals surface area contributed by atoms with Crippen LogP contribution in [-0.4, -0.2) is 28.0 Å². The Morgan fingerprint density at radius 2 is 2.29 bits per heavy atom. The second-order valence-corrected chi connectivity index (χ2v) is 5.84. The second kappa shape index (κ2) is 7.72. The third kappa shape index (κ3) is 4.66. The van der Waals surface area contributed by atoms with Crippen molar-refractivity contribution in [3.05, 3.63) is 45.7 Å². The maximum Gasteiger partial charge on any atom is 0.271 e. The van der Waals surface area contributed by atoms with Crippen LogP contribution in [0, 0.1) is 0 Å². The lowest BCUT2D eigenvalue weighted by Gasteiger charge is -2.08. The number of amides is 1. The summed E-state index contributed by atoms with van der Waals surface area (Å²) in [7, 11) is 0. The quantitative estimate of drug-likeness (QED) is 0.746. The number of hydrogen-bond donors (Lipinski definition) is 2. The van der Waals surface area contributed by atoms with Gasteiger partial charge in [0.1, 0.15) is 11.4 Å². The molecule has 1 heterocycles. The fourth-order valence-electron chi connectivity index (χ4n) is 1.54. The zero-order valence-electron chi connectivity index (χ0n) is 10.9. The molecule has 5 nitrogen and oxygen atoms in total. The van der Waals surface area contributed by atoms with Crippen molar-refractivity contribution in [2.45, 2.75) is 6.73 Å². The van der Waals surface area contributed by atoms with Gasteiger partial charge in [-0.1, -0.05) is 27.5 Å². The highest BCUT2D eigenvalue weighted by Gasteiger charge is 2.09. The maximum atomic E-state index is 11.7. The number of aromatic nitrogens is 2. The molecule has 0 atom stereocenters. The molecule has 0 saturated heterocycles. The fraction of sp³-hybridized carbons (Fsp3) is 0.231. The highest BCUT2D eigenvalue weighted by molar-refractivity contribution is 9.10. The third-order valence-corrected chi connectivity index (χ3v) is 3.53. The molecular formula is C13H13BrClN3O2S. The van der Waals surface area contributed by atoms with E-state index in [0.717, 1.165) is 4.47 Å². The molecule has 21 heavy (non-hydrogen) atoms. The van der Waals surface area contributed by atoms with E-state index < -0.39 is 0 Å². The van der Waals surface area contributed by atoms with E-state index in [-0.39, 0.29) is 12.6 Å². The molecule has 0 aliphatic heterocycles. The number of carbonyl (C=O) groups excluding carboxylic acids is 1. The average Bonchev–Trinajstić information content (AvgIpc) is 2.93. The molecule has 0 radical (unpaired) electrons. The SMILES string of the molecule is O=C(NCCS)c1ccn(COc2ccc(Br)cc2Cl)n1. The molecule has 2 rings (SSSR count). The first-order valence-electron chi connectivity index (χ1n) is 6.10. The first-order chi connectivity index (χ1) is 10.1. The zero-order chi connectivity index (χ0) is 15.2. The van der Waals surface area contributed by atoms with E-state index in [0.29, 0.717) is 28.8 Å². The summed E-state index contributed by atoms with van der Waals surface area (Å²) in [5.41, 5.74) is 0.335. The van der Waals surface area contributed by atoms with E-state index in [9.17, 15) is 4.79 Å². The van der Waals surface area contributed by atoms with Gasteiger partial charge in [-0.2, -0.15) is 17.7 Å². The Morgan fingerprint density at radius 3 is 3.00 bits per heavy atom. The van der Waals surface area contributed by atoms with Crippen LogP contribution in [0.25, 0.3) is 0 Å². The van der Waals surface area contributed by atoms with Crippen LogP contribution in [0.5, 0.6) is 5.75 Å². The van der Waals surface area contributed by atoms with Crippen molar-refractivity contribution in [2.75, 3.05) is 12.3 Å². The van der Waals surface area contributed by atoms with Gasteiger partial charge in [-0.3, -0.25) is 4.79 Å². The highest BCUT2D eigenvalue weighted by Crippen LogP contribution is 2.27. The summed E-state index contributed by atoms with van der Waals surface area (Å²) in [6.45, 7) is 0.668. The lowest BCUT2D eigenvalue weighted by molar-refractivity contribution is 0.0949. The average molecular weight is 391 g/mol. The molecule has 8 heteroatoms. The van der Waals surface area contributed by atoms with E-state index in [1.54, 1.807) is 24.4 Å². The van der Waals surface area contributed by atoms with Gasteiger partial charge in [-0.15, -0.1) is 0 Å². The fourth-order valence-corrected chi connectivity index (χ4v) is 2.38. The molecule has 1 aromatic carbocycles. The summed E-state index contributed by atoms with van der Waals surface area (Å²) in [6.07, 6.45) is 1.67. The Hall–Kier alpha value is -1.18. The van der Waals surface area contributed by atoms with Crippen molar-refractivity contribution < 1.29 is 9.53 Å². The molecule has 2 aromatic rings. The van der Waals surface area contributed by atoms with Gasteiger partial charge in [0, 0.05) is 23.0 Å². The van der Waals surface area contributed by atoms with Gasteiger partial charge in [0.15, 0.2) is 6.73 Å². The van der Waals surface area contributed by atoms with E-state index in [4.69, 9.17) is 16.3 Å². The molecule has 0 bridgehead atoms. The molecule has 0 fully saturated rings. The summed E-state index contributed by atoms with van der Waals surface area (Å²) in [5.74, 6) is 0.901. The molecule has 1 aromatic heterocycles. The summed E-state index contributed by atoms with van der Waals surface area (Å²) in [6, 6.07) is 6.97. The predicted octanol–water partition coefficient (Wildman–Crippen LogP) is 3.00. The Morgan fingerprint density at radius 1 is 1.48 bits per heavy atom. The third-order valence-electron chi connectivity index (χ3n) is 2.52. The van der Waals surface area contributed by atoms with Crippen LogP contribution in [0.2, 0.25) is 5.02 Å². The van der Waals surface area contributed by atoms with Crippen molar-refractivity contribution in [3.63, 3.8) is 0 Å². The van der Waals surface area contributed by atoms with Crippen LogP contribution in [0.15, 0.2) is 34.9 Å². The van der Waals surface area contributed by atoms with Crippen LogP contribution in [0.4, 0.5) is 0 Å². The summed E-state index contributed by atoms with van der Waals surface area (Å²) in [5, 5.41) is 7.32. The molecule has 112 valence electrons. The number of ether oxygens (including phenoxy) is 1. The van der Waals surface area contributed by atoms with Crippen LogP contribution in [-0.2, 0) is 6.73 Å². The van der Waals surface area contributed by atoms with E-state index >= 15 is 0 Å². The van der Waals surface area contributed by atoms with Gasteiger partial charge < -0.3 is 10.1 Å². The maximum absolute atomic E-state index is 11.7. The van der Waals surface area contributed by atoms with Crippen LogP contribution in [0.3, 0.4) is 0 Å². The molecular weight excluding hydrogens is 378 g/mol. The minimum absolute atomic E-state index is 0.168. The van der Waals surface area contributed by atoms with Gasteiger partial charge >= 0.3 is 0 Å². The number of hydrogen-bond acceptors (Lipinski definition) is 4. The minimum Gasteiger partial charge on any atom is -0.470 e. The van der Waals surface area contributed by atoms with Crippen LogP contribution >= 0.6 is 40.2 Å². The summed E-state index contributed by atoms with van der Waals surface area (Å²) in [4.78, 5) is 11.7. The number of nitrogens with one attached hydrogen (secondary N) is 1. The van der Waals surface area contributed by atoms with E-state index in [1.165, 1.54) is 4.68 Å². The Kier molecular flexibility index (Phi) is 5.96. The normalized spacial score (nSPS) is 10.4. The van der Waals surface area contributed by atoms with Gasteiger partial charge in [0.25, 0.3) is 5.91 Å². The van der Waals surface area contributed by atoms with Gasteiger partial charge in [-0.25, -0.2) is 4.68 Å². The monoisotopic (exact) mass is 389 g/mol. The smallest absolute Gasteiger partial charge is 0.271 e. The van der Waals surface area contributed by atoms with Crippen molar-refractivity contribution in [1.29, 1.82) is 0 Å². The second-order valence-electron chi connectivity index (χ2n) is 4.07. The Balaban J connectivity index is 1.95. The van der Waals surface area contributed by atoms with Crippen LogP contribution in [0.1, 0.15) is 10.5 Å². The van der Waals surface area contributed by atoms with Gasteiger partial charge in [-0.05, 0) is 24.3 Å². The number of halogens is 2. The van der Waals surface area contributed by atoms with Crippen molar-refractivity contribution >= 4 is 46.1 Å². The minimum atomic E-state index is -0.232. The first kappa shape index (κ1) is 16.2. The number of thiol groups is 1.